The maximum absolute atomic E-state index is 10.9. The number of halogens is 1. The lowest BCUT2D eigenvalue weighted by Gasteiger charge is -1.89. The van der Waals surface area contributed by atoms with Crippen LogP contribution in [0.1, 0.15) is 10.5 Å². The van der Waals surface area contributed by atoms with Crippen LogP contribution in [0.25, 0.3) is 0 Å². The fourth-order valence-corrected chi connectivity index (χ4v) is 0.832. The zero-order valence-corrected chi connectivity index (χ0v) is 6.87. The smallest absolute Gasteiger partial charge is 0.316 e. The molecule has 0 fully saturated rings. The van der Waals surface area contributed by atoms with Crippen molar-refractivity contribution in [1.82, 2.24) is 5.16 Å². The highest BCUT2D eigenvalue weighted by Gasteiger charge is 2.22. The lowest BCUT2D eigenvalue weighted by molar-refractivity contribution is -0.803. The molecule has 0 aliphatic carbocycles. The molecule has 2 N–H and O–H groups in total. The number of ketones is 1. The summed E-state index contributed by atoms with van der Waals surface area (Å²) in [6.45, 7) is 0. The number of nitrogens with two attached hydrogens (primary N) is 1. The van der Waals surface area contributed by atoms with Crippen molar-refractivity contribution in [2.75, 3.05) is 11.1 Å². The van der Waals surface area contributed by atoms with Gasteiger partial charge in [0.2, 0.25) is 5.78 Å². The zero-order valence-electron chi connectivity index (χ0n) is 5.28. The van der Waals surface area contributed by atoms with Crippen LogP contribution in [0.2, 0.25) is 0 Å². The van der Waals surface area contributed by atoms with Gasteiger partial charge in [-0.25, -0.2) is 0 Å². The van der Waals surface area contributed by atoms with Gasteiger partial charge >= 0.3 is 5.82 Å². The van der Waals surface area contributed by atoms with E-state index in [0.717, 1.165) is 0 Å². The van der Waals surface area contributed by atoms with Crippen molar-refractivity contribution in [3.8, 4) is 0 Å². The van der Waals surface area contributed by atoms with Gasteiger partial charge in [-0.05, 0) is 4.90 Å². The van der Waals surface area contributed by atoms with Crippen molar-refractivity contribution in [3.05, 3.63) is 10.9 Å². The molecule has 11 heavy (non-hydrogen) atoms. The fourth-order valence-electron chi connectivity index (χ4n) is 0.567. The van der Waals surface area contributed by atoms with Crippen molar-refractivity contribution in [2.45, 2.75) is 0 Å². The first-order valence-corrected chi connectivity index (χ1v) is 3.73. The lowest BCUT2D eigenvalue weighted by atomic mass is 10.3. The summed E-state index contributed by atoms with van der Waals surface area (Å²) < 4.78 is 4.06. The number of nitrogen functional groups attached to an aromatic ring is 1. The van der Waals surface area contributed by atoms with Gasteiger partial charge in [-0.3, -0.25) is 9.42 Å². The Morgan fingerprint density at radius 3 is 2.91 bits per heavy atom. The van der Waals surface area contributed by atoms with E-state index in [-0.39, 0.29) is 21.7 Å². The quantitative estimate of drug-likeness (QED) is 0.412. The molecule has 0 spiro atoms. The summed E-state index contributed by atoms with van der Waals surface area (Å²) in [4.78, 5) is 10.9. The molecule has 6 nitrogen and oxygen atoms in total. The van der Waals surface area contributed by atoms with E-state index in [4.69, 9.17) is 5.73 Å². The summed E-state index contributed by atoms with van der Waals surface area (Å²) >= 11 is 2.88. The number of aromatic nitrogens is 2. The molecule has 1 aromatic rings. The van der Waals surface area contributed by atoms with Crippen LogP contribution in [0.3, 0.4) is 0 Å². The maximum atomic E-state index is 10.9. The van der Waals surface area contributed by atoms with Crippen LogP contribution in [-0.2, 0) is 0 Å². The Hall–Kier alpha value is -1.11. The molecule has 7 heteroatoms. The predicted molar refractivity (Wildman–Crippen MR) is 38.0 cm³/mol. The van der Waals surface area contributed by atoms with E-state index in [9.17, 15) is 10.0 Å². The van der Waals surface area contributed by atoms with E-state index in [1.165, 1.54) is 0 Å². The number of Topliss-reactive ketones (excluding diaryl/α,β-unsaturated/α-hetero) is 1. The highest BCUT2D eigenvalue weighted by Crippen LogP contribution is 2.04. The van der Waals surface area contributed by atoms with Crippen LogP contribution < -0.4 is 10.6 Å². The Morgan fingerprint density at radius 1 is 1.91 bits per heavy atom. The van der Waals surface area contributed by atoms with Gasteiger partial charge in [0.25, 0.3) is 5.69 Å². The molecule has 0 aliphatic heterocycles. The SMILES string of the molecule is Nc1no[n+]([O-])c1C(=O)CBr. The molecular formula is C4H4BrN3O3. The van der Waals surface area contributed by atoms with Crippen LogP contribution in [-0.4, -0.2) is 16.3 Å². The number of carbonyl (C=O) groups excluding carboxylic acids is 1. The summed E-state index contributed by atoms with van der Waals surface area (Å²) in [5.41, 5.74) is 4.89. The molecule has 0 aromatic carbocycles. The Bertz CT molecular complexity index is 265. The minimum Gasteiger partial charge on any atom is -0.359 e. The second kappa shape index (κ2) is 2.87. The average molecular weight is 222 g/mol. The number of anilines is 1. The molecule has 0 unspecified atom stereocenters. The van der Waals surface area contributed by atoms with Crippen LogP contribution in [0.15, 0.2) is 4.63 Å². The van der Waals surface area contributed by atoms with Gasteiger partial charge in [-0.15, -0.1) is 0 Å². The highest BCUT2D eigenvalue weighted by atomic mass is 79.9. The van der Waals surface area contributed by atoms with Gasteiger partial charge in [0.15, 0.2) is 0 Å². The molecule has 0 amide bonds. The Morgan fingerprint density at radius 2 is 2.55 bits per heavy atom. The van der Waals surface area contributed by atoms with Crippen molar-refractivity contribution in [1.29, 1.82) is 0 Å². The standard InChI is InChI=1S/C4H4BrN3O3/c5-1-2(9)3-4(6)7-11-8(3)10/h1H2,(H2,6,7). The first kappa shape index (κ1) is 7.99. The van der Waals surface area contributed by atoms with E-state index in [1.807, 2.05) is 0 Å². The third kappa shape index (κ3) is 1.32. The number of alkyl halides is 1. The Labute approximate surface area is 69.6 Å². The van der Waals surface area contributed by atoms with Crippen molar-refractivity contribution >= 4 is 27.5 Å². The third-order valence-corrected chi connectivity index (χ3v) is 1.53. The number of hydrogen-bond acceptors (Lipinski definition) is 5. The van der Waals surface area contributed by atoms with Crippen molar-refractivity contribution in [2.24, 2.45) is 0 Å². The lowest BCUT2D eigenvalue weighted by Crippen LogP contribution is -2.32. The Balaban J connectivity index is 3.10. The van der Waals surface area contributed by atoms with Crippen LogP contribution in [0, 0.1) is 5.21 Å². The molecule has 0 atom stereocenters. The molecule has 0 saturated carbocycles. The first-order chi connectivity index (χ1) is 5.16. The summed E-state index contributed by atoms with van der Waals surface area (Å²) in [6.07, 6.45) is 0. The summed E-state index contributed by atoms with van der Waals surface area (Å²) in [5, 5.41) is 13.7. The van der Waals surface area contributed by atoms with E-state index in [2.05, 4.69) is 25.7 Å². The predicted octanol–water partition coefficient (Wildman–Crippen LogP) is -0.532. The highest BCUT2D eigenvalue weighted by molar-refractivity contribution is 9.09. The Kier molecular flexibility index (Phi) is 2.08. The molecule has 60 valence electrons. The van der Waals surface area contributed by atoms with Gasteiger partial charge in [0, 0.05) is 0 Å². The number of carbonyl (C=O) groups is 1. The number of nitrogens with zero attached hydrogens (tertiary/aromatic N) is 2. The van der Waals surface area contributed by atoms with Crippen molar-refractivity contribution in [3.63, 3.8) is 0 Å². The van der Waals surface area contributed by atoms with Gasteiger partial charge < -0.3 is 10.9 Å². The van der Waals surface area contributed by atoms with Gasteiger partial charge in [0.05, 0.1) is 10.5 Å². The zero-order chi connectivity index (χ0) is 8.43. The number of hydrogen-bond donors (Lipinski definition) is 1. The van der Waals surface area contributed by atoms with Gasteiger partial charge in [-0.2, -0.15) is 0 Å². The second-order valence-electron chi connectivity index (χ2n) is 1.72. The second-order valence-corrected chi connectivity index (χ2v) is 2.28. The van der Waals surface area contributed by atoms with Gasteiger partial charge in [0.1, 0.15) is 0 Å². The van der Waals surface area contributed by atoms with Crippen LogP contribution >= 0.6 is 15.9 Å². The minimum atomic E-state index is -0.459. The largest absolute Gasteiger partial charge is 0.359 e. The van der Waals surface area contributed by atoms with Crippen molar-refractivity contribution < 1.29 is 14.3 Å². The van der Waals surface area contributed by atoms with Gasteiger partial charge in [-0.1, -0.05) is 15.9 Å². The molecule has 0 aliphatic rings. The fraction of sp³-hybridized carbons (Fsp3) is 0.250. The van der Waals surface area contributed by atoms with E-state index >= 15 is 0 Å². The summed E-state index contributed by atoms with van der Waals surface area (Å²) in [5.74, 6) is -0.650. The molecule has 1 rings (SSSR count). The monoisotopic (exact) mass is 221 g/mol. The molecule has 0 saturated heterocycles. The van der Waals surface area contributed by atoms with Crippen LogP contribution in [0.5, 0.6) is 0 Å². The molecule has 1 aromatic heterocycles. The van der Waals surface area contributed by atoms with E-state index in [1.54, 1.807) is 0 Å². The molecule has 0 bridgehead atoms. The average Bonchev–Trinajstić information content (AvgIpc) is 2.30. The topological polar surface area (TPSA) is 96.1 Å². The van der Waals surface area contributed by atoms with E-state index in [0.29, 0.717) is 0 Å². The summed E-state index contributed by atoms with van der Waals surface area (Å²) in [6, 6.07) is 0. The third-order valence-electron chi connectivity index (χ3n) is 1.02. The van der Waals surface area contributed by atoms with Crippen LogP contribution in [0.4, 0.5) is 5.82 Å². The normalized spacial score (nSPS) is 9.91. The first-order valence-electron chi connectivity index (χ1n) is 2.61. The molecule has 1 heterocycles. The molecule has 0 radical (unpaired) electrons. The molecular weight excluding hydrogens is 218 g/mol. The number of rotatable bonds is 2. The maximum Gasteiger partial charge on any atom is 0.316 e. The summed E-state index contributed by atoms with van der Waals surface area (Å²) in [7, 11) is 0. The minimum absolute atomic E-state index is 0.0145. The van der Waals surface area contributed by atoms with E-state index < -0.39 is 5.78 Å².